The van der Waals surface area contributed by atoms with Crippen LogP contribution in [0.25, 0.3) is 0 Å². The van der Waals surface area contributed by atoms with Crippen LogP contribution in [0.15, 0.2) is 12.1 Å². The first-order valence-electron chi connectivity index (χ1n) is 2.91. The maximum atomic E-state index is 12.6. The van der Waals surface area contributed by atoms with Crippen LogP contribution >= 0.6 is 11.6 Å². The Morgan fingerprint density at radius 2 is 2.00 bits per heavy atom. The lowest BCUT2D eigenvalue weighted by atomic mass is 10.2. The summed E-state index contributed by atoms with van der Waals surface area (Å²) in [6, 6.07) is 2.29. The van der Waals surface area contributed by atoms with E-state index in [1.54, 1.807) is 0 Å². The summed E-state index contributed by atoms with van der Waals surface area (Å²) in [6.45, 7) is 0. The molecule has 0 aliphatic carbocycles. The van der Waals surface area contributed by atoms with Gasteiger partial charge in [0.05, 0.1) is 0 Å². The molecule has 0 saturated carbocycles. The molecule has 0 aliphatic rings. The number of hydrogen-bond donors (Lipinski definition) is 2. The Balaban J connectivity index is 3.21. The summed E-state index contributed by atoms with van der Waals surface area (Å²) in [7, 11) is 0. The molecule has 1 aromatic carbocycles. The van der Waals surface area contributed by atoms with Crippen molar-refractivity contribution in [2.24, 2.45) is 0 Å². The molecule has 0 amide bonds. The molecule has 0 atom stereocenters. The largest absolute Gasteiger partial charge is 0.504 e. The number of phenolic OH excluding ortho intramolecular Hbond substituents is 2. The van der Waals surface area contributed by atoms with Crippen molar-refractivity contribution in [3.05, 3.63) is 23.5 Å². The van der Waals surface area contributed by atoms with Crippen molar-refractivity contribution in [1.29, 1.82) is 0 Å². The third kappa shape index (κ3) is 1.54. The zero-order valence-corrected chi connectivity index (χ0v) is 6.27. The lowest BCUT2D eigenvalue weighted by Crippen LogP contribution is -1.82. The molecule has 0 aromatic heterocycles. The molecule has 1 aromatic rings. The summed E-state index contributed by atoms with van der Waals surface area (Å²) >= 11 is 5.36. The second kappa shape index (κ2) is 2.96. The number of alkyl halides is 1. The average Bonchev–Trinajstić information content (AvgIpc) is 1.99. The van der Waals surface area contributed by atoms with E-state index >= 15 is 0 Å². The summed E-state index contributed by atoms with van der Waals surface area (Å²) in [6.07, 6.45) is 0. The van der Waals surface area contributed by atoms with E-state index in [4.69, 9.17) is 21.8 Å². The molecule has 0 saturated heterocycles. The molecule has 0 fully saturated rings. The highest BCUT2D eigenvalue weighted by atomic mass is 35.5. The number of halogens is 2. The SMILES string of the molecule is Oc1cc(CCl)cc(F)c1O. The van der Waals surface area contributed by atoms with Crippen molar-refractivity contribution in [3.63, 3.8) is 0 Å². The van der Waals surface area contributed by atoms with Crippen LogP contribution in [0.2, 0.25) is 0 Å². The predicted molar refractivity (Wildman–Crippen MR) is 39.3 cm³/mol. The molecular formula is C7H6ClFO2. The third-order valence-corrected chi connectivity index (χ3v) is 1.57. The van der Waals surface area contributed by atoms with Gasteiger partial charge in [0, 0.05) is 5.88 Å². The van der Waals surface area contributed by atoms with Crippen LogP contribution in [0.4, 0.5) is 4.39 Å². The van der Waals surface area contributed by atoms with Crippen LogP contribution < -0.4 is 0 Å². The van der Waals surface area contributed by atoms with Crippen molar-refractivity contribution >= 4 is 11.6 Å². The summed E-state index contributed by atoms with van der Waals surface area (Å²) in [5, 5.41) is 17.6. The van der Waals surface area contributed by atoms with Gasteiger partial charge in [-0.25, -0.2) is 4.39 Å². The van der Waals surface area contributed by atoms with E-state index in [9.17, 15) is 4.39 Å². The average molecular weight is 177 g/mol. The maximum Gasteiger partial charge on any atom is 0.194 e. The number of hydrogen-bond acceptors (Lipinski definition) is 2. The molecule has 4 heteroatoms. The molecule has 11 heavy (non-hydrogen) atoms. The quantitative estimate of drug-likeness (QED) is 0.508. The Morgan fingerprint density at radius 3 is 2.45 bits per heavy atom. The zero-order chi connectivity index (χ0) is 8.43. The lowest BCUT2D eigenvalue weighted by molar-refractivity contribution is 0.378. The summed E-state index contributed by atoms with van der Waals surface area (Å²) in [5.74, 6) is -1.98. The Kier molecular flexibility index (Phi) is 2.19. The van der Waals surface area contributed by atoms with E-state index in [2.05, 4.69) is 0 Å². The number of benzene rings is 1. The standard InChI is InChI=1S/C7H6ClFO2/c8-3-4-1-5(9)7(11)6(10)2-4/h1-2,10-11H,3H2. The van der Waals surface area contributed by atoms with Crippen LogP contribution in [0.5, 0.6) is 11.5 Å². The van der Waals surface area contributed by atoms with Crippen LogP contribution in [0.3, 0.4) is 0 Å². The Labute approximate surface area is 67.9 Å². The fraction of sp³-hybridized carbons (Fsp3) is 0.143. The van der Waals surface area contributed by atoms with Crippen LogP contribution in [0.1, 0.15) is 5.56 Å². The van der Waals surface area contributed by atoms with Gasteiger partial charge in [0.15, 0.2) is 17.3 Å². The maximum absolute atomic E-state index is 12.6. The monoisotopic (exact) mass is 176 g/mol. The van der Waals surface area contributed by atoms with Crippen LogP contribution in [-0.4, -0.2) is 10.2 Å². The topological polar surface area (TPSA) is 40.5 Å². The fourth-order valence-corrected chi connectivity index (χ4v) is 0.871. The minimum absolute atomic E-state index is 0.102. The molecule has 0 unspecified atom stereocenters. The van der Waals surface area contributed by atoms with Crippen molar-refractivity contribution in [1.82, 2.24) is 0 Å². The van der Waals surface area contributed by atoms with Gasteiger partial charge < -0.3 is 10.2 Å². The first-order valence-corrected chi connectivity index (χ1v) is 3.45. The van der Waals surface area contributed by atoms with Gasteiger partial charge >= 0.3 is 0 Å². The van der Waals surface area contributed by atoms with E-state index in [1.807, 2.05) is 0 Å². The van der Waals surface area contributed by atoms with Gasteiger partial charge in [-0.15, -0.1) is 11.6 Å². The molecular weight excluding hydrogens is 171 g/mol. The summed E-state index contributed by atoms with van der Waals surface area (Å²) in [5.41, 5.74) is 0.430. The minimum atomic E-state index is -0.861. The van der Waals surface area contributed by atoms with Crippen LogP contribution in [0, 0.1) is 5.82 Å². The molecule has 1 rings (SSSR count). The van der Waals surface area contributed by atoms with Gasteiger partial charge in [-0.2, -0.15) is 0 Å². The molecule has 0 bridgehead atoms. The Bertz CT molecular complexity index is 252. The van der Waals surface area contributed by atoms with E-state index in [0.717, 1.165) is 6.07 Å². The fourth-order valence-electron chi connectivity index (χ4n) is 0.716. The Morgan fingerprint density at radius 1 is 1.36 bits per heavy atom. The summed E-state index contributed by atoms with van der Waals surface area (Å²) in [4.78, 5) is 0. The highest BCUT2D eigenvalue weighted by Gasteiger charge is 2.07. The van der Waals surface area contributed by atoms with E-state index < -0.39 is 17.3 Å². The summed E-state index contributed by atoms with van der Waals surface area (Å²) < 4.78 is 12.6. The van der Waals surface area contributed by atoms with Crippen molar-refractivity contribution in [2.45, 2.75) is 5.88 Å². The lowest BCUT2D eigenvalue weighted by Gasteiger charge is -2.00. The molecule has 0 radical (unpaired) electrons. The molecule has 0 aliphatic heterocycles. The Hall–Kier alpha value is -0.960. The molecule has 2 nitrogen and oxygen atoms in total. The van der Waals surface area contributed by atoms with Gasteiger partial charge in [0.1, 0.15) is 0 Å². The van der Waals surface area contributed by atoms with Crippen LogP contribution in [-0.2, 0) is 5.88 Å². The second-order valence-corrected chi connectivity index (χ2v) is 2.35. The normalized spacial score (nSPS) is 10.0. The molecule has 2 N–H and O–H groups in total. The van der Waals surface area contributed by atoms with E-state index in [1.165, 1.54) is 6.07 Å². The first kappa shape index (κ1) is 8.14. The third-order valence-electron chi connectivity index (χ3n) is 1.26. The van der Waals surface area contributed by atoms with Crippen molar-refractivity contribution < 1.29 is 14.6 Å². The van der Waals surface area contributed by atoms with E-state index in [-0.39, 0.29) is 5.88 Å². The molecule has 0 heterocycles. The van der Waals surface area contributed by atoms with Gasteiger partial charge in [-0.1, -0.05) is 0 Å². The second-order valence-electron chi connectivity index (χ2n) is 2.08. The number of rotatable bonds is 1. The predicted octanol–water partition coefficient (Wildman–Crippen LogP) is 1.98. The molecule has 60 valence electrons. The van der Waals surface area contributed by atoms with Gasteiger partial charge in [0.2, 0.25) is 0 Å². The highest BCUT2D eigenvalue weighted by Crippen LogP contribution is 2.29. The van der Waals surface area contributed by atoms with Gasteiger partial charge in [0.25, 0.3) is 0 Å². The van der Waals surface area contributed by atoms with E-state index in [0.29, 0.717) is 5.56 Å². The zero-order valence-electron chi connectivity index (χ0n) is 5.51. The van der Waals surface area contributed by atoms with Crippen molar-refractivity contribution in [2.75, 3.05) is 0 Å². The van der Waals surface area contributed by atoms with Gasteiger partial charge in [-0.3, -0.25) is 0 Å². The number of aromatic hydroxyl groups is 2. The molecule has 0 spiro atoms. The minimum Gasteiger partial charge on any atom is -0.504 e. The smallest absolute Gasteiger partial charge is 0.194 e. The first-order chi connectivity index (χ1) is 5.15. The highest BCUT2D eigenvalue weighted by molar-refractivity contribution is 6.17. The van der Waals surface area contributed by atoms with Crippen molar-refractivity contribution in [3.8, 4) is 11.5 Å². The van der Waals surface area contributed by atoms with Gasteiger partial charge in [-0.05, 0) is 17.7 Å². The number of phenols is 2.